The number of nitrogens with zero attached hydrogens (tertiary/aromatic N) is 1. The predicted octanol–water partition coefficient (Wildman–Crippen LogP) is 4.58. The standard InChI is InChI=1S/C14H8Cl2FNO/c15-12-3-2-11(6-13(12)16)19-8-9-1-4-14(17)10(5-9)7-18/h1-6H,8H2. The highest BCUT2D eigenvalue weighted by atomic mass is 35.5. The minimum atomic E-state index is -0.541. The molecule has 0 amide bonds. The van der Waals surface area contributed by atoms with Gasteiger partial charge in [-0.25, -0.2) is 4.39 Å². The fourth-order valence-corrected chi connectivity index (χ4v) is 1.77. The molecule has 0 atom stereocenters. The first-order chi connectivity index (χ1) is 9.10. The summed E-state index contributed by atoms with van der Waals surface area (Å²) < 4.78 is 18.6. The Morgan fingerprint density at radius 3 is 2.58 bits per heavy atom. The lowest BCUT2D eigenvalue weighted by Crippen LogP contribution is -1.97. The third-order valence-electron chi connectivity index (χ3n) is 2.45. The second-order valence-corrected chi connectivity index (χ2v) is 4.60. The Bertz CT molecular complexity index is 652. The molecule has 2 nitrogen and oxygen atoms in total. The van der Waals surface area contributed by atoms with E-state index in [0.717, 1.165) is 0 Å². The van der Waals surface area contributed by atoms with Crippen molar-refractivity contribution >= 4 is 23.2 Å². The predicted molar refractivity (Wildman–Crippen MR) is 71.9 cm³/mol. The van der Waals surface area contributed by atoms with E-state index in [4.69, 9.17) is 33.2 Å². The summed E-state index contributed by atoms with van der Waals surface area (Å²) in [5.41, 5.74) is 0.694. The molecule has 0 aliphatic rings. The van der Waals surface area contributed by atoms with Gasteiger partial charge in [-0.15, -0.1) is 0 Å². The van der Waals surface area contributed by atoms with Crippen LogP contribution in [-0.2, 0) is 6.61 Å². The molecule has 0 heterocycles. The van der Waals surface area contributed by atoms with Crippen LogP contribution >= 0.6 is 23.2 Å². The van der Waals surface area contributed by atoms with Crippen molar-refractivity contribution < 1.29 is 9.13 Å². The average molecular weight is 296 g/mol. The van der Waals surface area contributed by atoms with Crippen LogP contribution in [0.1, 0.15) is 11.1 Å². The molecule has 0 spiro atoms. The molecule has 2 aromatic rings. The number of ether oxygens (including phenoxy) is 1. The first-order valence-corrected chi connectivity index (χ1v) is 6.12. The van der Waals surface area contributed by atoms with Crippen molar-refractivity contribution in [1.82, 2.24) is 0 Å². The number of rotatable bonds is 3. The smallest absolute Gasteiger partial charge is 0.140 e. The lowest BCUT2D eigenvalue weighted by molar-refractivity contribution is 0.306. The van der Waals surface area contributed by atoms with Crippen LogP contribution < -0.4 is 4.74 Å². The Morgan fingerprint density at radius 1 is 1.11 bits per heavy atom. The maximum absolute atomic E-state index is 13.1. The molecule has 0 bridgehead atoms. The van der Waals surface area contributed by atoms with Crippen molar-refractivity contribution in [3.63, 3.8) is 0 Å². The normalized spacial score (nSPS) is 10.0. The highest BCUT2D eigenvalue weighted by molar-refractivity contribution is 6.42. The molecule has 2 aromatic carbocycles. The van der Waals surface area contributed by atoms with Gasteiger partial charge in [-0.05, 0) is 29.8 Å². The zero-order chi connectivity index (χ0) is 13.8. The van der Waals surface area contributed by atoms with E-state index in [2.05, 4.69) is 0 Å². The van der Waals surface area contributed by atoms with E-state index in [9.17, 15) is 4.39 Å². The van der Waals surface area contributed by atoms with Gasteiger partial charge in [0.25, 0.3) is 0 Å². The summed E-state index contributed by atoms with van der Waals surface area (Å²) in [4.78, 5) is 0. The van der Waals surface area contributed by atoms with Gasteiger partial charge in [0.2, 0.25) is 0 Å². The molecule has 0 fully saturated rings. The lowest BCUT2D eigenvalue weighted by Gasteiger charge is -2.07. The summed E-state index contributed by atoms with van der Waals surface area (Å²) in [6.45, 7) is 0.215. The molecule has 19 heavy (non-hydrogen) atoms. The van der Waals surface area contributed by atoms with Gasteiger partial charge < -0.3 is 4.74 Å². The van der Waals surface area contributed by atoms with Crippen molar-refractivity contribution in [1.29, 1.82) is 5.26 Å². The van der Waals surface area contributed by atoms with E-state index in [1.54, 1.807) is 30.3 Å². The fourth-order valence-electron chi connectivity index (χ4n) is 1.48. The van der Waals surface area contributed by atoms with Crippen molar-refractivity contribution in [2.24, 2.45) is 0 Å². The highest BCUT2D eigenvalue weighted by Crippen LogP contribution is 2.26. The average Bonchev–Trinajstić information content (AvgIpc) is 2.41. The maximum Gasteiger partial charge on any atom is 0.140 e. The summed E-state index contributed by atoms with van der Waals surface area (Å²) in [7, 11) is 0. The quantitative estimate of drug-likeness (QED) is 0.830. The van der Waals surface area contributed by atoms with E-state index in [0.29, 0.717) is 21.4 Å². The van der Waals surface area contributed by atoms with E-state index in [1.165, 1.54) is 12.1 Å². The molecule has 0 N–H and O–H groups in total. The molecule has 0 radical (unpaired) electrons. The third kappa shape index (κ3) is 3.37. The zero-order valence-corrected chi connectivity index (χ0v) is 11.2. The Morgan fingerprint density at radius 2 is 1.89 bits per heavy atom. The Labute approximate surface area is 119 Å². The van der Waals surface area contributed by atoms with E-state index in [-0.39, 0.29) is 12.2 Å². The van der Waals surface area contributed by atoms with Gasteiger partial charge in [0.15, 0.2) is 0 Å². The van der Waals surface area contributed by atoms with Crippen molar-refractivity contribution in [3.8, 4) is 11.8 Å². The molecule has 96 valence electrons. The third-order valence-corrected chi connectivity index (χ3v) is 3.19. The molecule has 2 rings (SSSR count). The molecule has 0 aliphatic carbocycles. The number of nitriles is 1. The SMILES string of the molecule is N#Cc1cc(COc2ccc(Cl)c(Cl)c2)ccc1F. The monoisotopic (exact) mass is 295 g/mol. The molecular formula is C14H8Cl2FNO. The topological polar surface area (TPSA) is 33.0 Å². The fraction of sp³-hybridized carbons (Fsp3) is 0.0714. The molecule has 0 saturated heterocycles. The van der Waals surface area contributed by atoms with Gasteiger partial charge in [-0.3, -0.25) is 0 Å². The van der Waals surface area contributed by atoms with E-state index in [1.807, 2.05) is 0 Å². The van der Waals surface area contributed by atoms with E-state index >= 15 is 0 Å². The van der Waals surface area contributed by atoms with Crippen LogP contribution in [0.4, 0.5) is 4.39 Å². The van der Waals surface area contributed by atoms with Crippen LogP contribution in [0.25, 0.3) is 0 Å². The first kappa shape index (κ1) is 13.7. The number of hydrogen-bond acceptors (Lipinski definition) is 2. The van der Waals surface area contributed by atoms with Gasteiger partial charge in [0.05, 0.1) is 15.6 Å². The van der Waals surface area contributed by atoms with Gasteiger partial charge in [-0.2, -0.15) is 5.26 Å². The Kier molecular flexibility index (Phi) is 4.26. The van der Waals surface area contributed by atoms with Crippen molar-refractivity contribution in [3.05, 3.63) is 63.4 Å². The summed E-state index contributed by atoms with van der Waals surface area (Å²) >= 11 is 11.6. The number of hydrogen-bond donors (Lipinski definition) is 0. The van der Waals surface area contributed by atoms with Crippen LogP contribution in [0.3, 0.4) is 0 Å². The largest absolute Gasteiger partial charge is 0.489 e. The molecule has 0 aromatic heterocycles. The zero-order valence-electron chi connectivity index (χ0n) is 9.66. The summed E-state index contributed by atoms with van der Waals surface area (Å²) in [5, 5.41) is 9.58. The van der Waals surface area contributed by atoms with Gasteiger partial charge in [0.1, 0.15) is 24.2 Å². The summed E-state index contributed by atoms with van der Waals surface area (Å²) in [6.07, 6.45) is 0. The Hall–Kier alpha value is -1.76. The minimum absolute atomic E-state index is 0.00441. The number of halogens is 3. The van der Waals surface area contributed by atoms with Crippen molar-refractivity contribution in [2.45, 2.75) is 6.61 Å². The maximum atomic E-state index is 13.1. The van der Waals surface area contributed by atoms with Crippen LogP contribution in [0.2, 0.25) is 10.0 Å². The summed E-state index contributed by atoms with van der Waals surface area (Å²) in [5.74, 6) is 0.0121. The van der Waals surface area contributed by atoms with Crippen molar-refractivity contribution in [2.75, 3.05) is 0 Å². The van der Waals surface area contributed by atoms with Crippen LogP contribution in [0, 0.1) is 17.1 Å². The van der Waals surface area contributed by atoms with Gasteiger partial charge in [0, 0.05) is 6.07 Å². The second-order valence-electron chi connectivity index (χ2n) is 3.79. The molecule has 0 aliphatic heterocycles. The van der Waals surface area contributed by atoms with E-state index < -0.39 is 5.82 Å². The molecule has 0 unspecified atom stereocenters. The molecular weight excluding hydrogens is 288 g/mol. The van der Waals surface area contributed by atoms with Gasteiger partial charge >= 0.3 is 0 Å². The molecule has 5 heteroatoms. The van der Waals surface area contributed by atoms with Crippen LogP contribution in [-0.4, -0.2) is 0 Å². The highest BCUT2D eigenvalue weighted by Gasteiger charge is 2.04. The molecule has 0 saturated carbocycles. The summed E-state index contributed by atoms with van der Waals surface area (Å²) in [6, 6.07) is 10.9. The van der Waals surface area contributed by atoms with Crippen LogP contribution in [0.5, 0.6) is 5.75 Å². The second kappa shape index (κ2) is 5.92. The Balaban J connectivity index is 2.10. The lowest BCUT2D eigenvalue weighted by atomic mass is 10.1. The van der Waals surface area contributed by atoms with Gasteiger partial charge in [-0.1, -0.05) is 29.3 Å². The first-order valence-electron chi connectivity index (χ1n) is 5.36. The van der Waals surface area contributed by atoms with Crippen LogP contribution in [0.15, 0.2) is 36.4 Å². The number of benzene rings is 2. The minimum Gasteiger partial charge on any atom is -0.489 e.